The summed E-state index contributed by atoms with van der Waals surface area (Å²) in [7, 11) is 0. The third-order valence-corrected chi connectivity index (χ3v) is 4.80. The number of unbranched alkanes of at least 4 members (excludes halogenated alkanes) is 9. The maximum atomic E-state index is 2.39. The molecule has 0 nitrogen and oxygen atoms in total. The van der Waals surface area contributed by atoms with Gasteiger partial charge in [0.05, 0.1) is 0 Å². The highest BCUT2D eigenvalue weighted by Crippen LogP contribution is 2.24. The fourth-order valence-electron chi connectivity index (χ4n) is 3.40. The van der Waals surface area contributed by atoms with Crippen molar-refractivity contribution in [3.8, 4) is 0 Å². The molecule has 1 rings (SSSR count). The number of benzene rings is 1. The van der Waals surface area contributed by atoms with Crippen molar-refractivity contribution in [1.82, 2.24) is 0 Å². The van der Waals surface area contributed by atoms with E-state index >= 15 is 0 Å². The van der Waals surface area contributed by atoms with Crippen molar-refractivity contribution in [2.75, 3.05) is 0 Å². The second kappa shape index (κ2) is 11.7. The highest BCUT2D eigenvalue weighted by molar-refractivity contribution is 5.30. The molecule has 0 heterocycles. The van der Waals surface area contributed by atoms with Gasteiger partial charge in [0.25, 0.3) is 0 Å². The molecular weight excluding hydrogens is 264 g/mol. The quantitative estimate of drug-likeness (QED) is 0.347. The normalized spacial score (nSPS) is 12.5. The lowest BCUT2D eigenvalue weighted by molar-refractivity contribution is 0.534. The van der Waals surface area contributed by atoms with Crippen molar-refractivity contribution in [3.63, 3.8) is 0 Å². The molecule has 0 aliphatic carbocycles. The van der Waals surface area contributed by atoms with Gasteiger partial charge in [0.15, 0.2) is 0 Å². The Hall–Kier alpha value is -0.780. The van der Waals surface area contributed by atoms with Gasteiger partial charge in [-0.15, -0.1) is 0 Å². The summed E-state index contributed by atoms with van der Waals surface area (Å²) < 4.78 is 0. The summed E-state index contributed by atoms with van der Waals surface area (Å²) in [4.78, 5) is 0. The first-order valence-electron chi connectivity index (χ1n) is 9.71. The topological polar surface area (TPSA) is 0 Å². The predicted octanol–water partition coefficient (Wildman–Crippen LogP) is 7.72. The lowest BCUT2D eigenvalue weighted by Gasteiger charge is -2.13. The van der Waals surface area contributed by atoms with Gasteiger partial charge in [-0.1, -0.05) is 107 Å². The second-order valence-electron chi connectivity index (χ2n) is 7.29. The molecule has 0 fully saturated rings. The Labute approximate surface area is 139 Å². The van der Waals surface area contributed by atoms with Crippen LogP contribution in [0.5, 0.6) is 0 Å². The van der Waals surface area contributed by atoms with Gasteiger partial charge in [0.1, 0.15) is 0 Å². The highest BCUT2D eigenvalue weighted by atomic mass is 14.1. The molecule has 0 aliphatic heterocycles. The Morgan fingerprint density at radius 3 is 1.64 bits per heavy atom. The van der Waals surface area contributed by atoms with Crippen molar-refractivity contribution >= 4 is 0 Å². The Morgan fingerprint density at radius 1 is 0.682 bits per heavy atom. The van der Waals surface area contributed by atoms with Crippen LogP contribution in [0.2, 0.25) is 0 Å². The minimum atomic E-state index is 0.715. The molecule has 0 saturated heterocycles. The Kier molecular flexibility index (Phi) is 10.3. The average Bonchev–Trinajstić information content (AvgIpc) is 2.48. The van der Waals surface area contributed by atoms with Gasteiger partial charge in [-0.3, -0.25) is 0 Å². The Balaban J connectivity index is 2.04. The maximum absolute atomic E-state index is 2.39. The standard InChI is InChI=1S/C22H38/c1-5-6-7-8-9-10-11-12-13-14-15-21(4)22-17-19(2)16-20(3)18-22/h16-18,21H,5-15H2,1-4H3. The molecule has 0 bridgehead atoms. The van der Waals surface area contributed by atoms with E-state index in [1.165, 1.54) is 87.3 Å². The fourth-order valence-corrected chi connectivity index (χ4v) is 3.40. The zero-order valence-electron chi connectivity index (χ0n) is 15.6. The SMILES string of the molecule is CCCCCCCCCCCCC(C)c1cc(C)cc(C)c1. The van der Waals surface area contributed by atoms with Gasteiger partial charge in [-0.05, 0) is 31.7 Å². The molecule has 0 heteroatoms. The molecule has 0 aromatic heterocycles. The van der Waals surface area contributed by atoms with Gasteiger partial charge in [0, 0.05) is 0 Å². The van der Waals surface area contributed by atoms with Crippen LogP contribution in [0.4, 0.5) is 0 Å². The fraction of sp³-hybridized carbons (Fsp3) is 0.727. The van der Waals surface area contributed by atoms with Crippen LogP contribution in [0.15, 0.2) is 18.2 Å². The predicted molar refractivity (Wildman–Crippen MR) is 101 cm³/mol. The first-order valence-corrected chi connectivity index (χ1v) is 9.71. The van der Waals surface area contributed by atoms with E-state index in [1.54, 1.807) is 0 Å². The minimum Gasteiger partial charge on any atom is -0.0654 e. The summed E-state index contributed by atoms with van der Waals surface area (Å²) in [6, 6.07) is 7.01. The monoisotopic (exact) mass is 302 g/mol. The third-order valence-electron chi connectivity index (χ3n) is 4.80. The summed E-state index contributed by atoms with van der Waals surface area (Å²) in [5.41, 5.74) is 4.35. The highest BCUT2D eigenvalue weighted by Gasteiger charge is 2.06. The van der Waals surface area contributed by atoms with Crippen molar-refractivity contribution < 1.29 is 0 Å². The second-order valence-corrected chi connectivity index (χ2v) is 7.29. The molecular formula is C22H38. The van der Waals surface area contributed by atoms with Crippen molar-refractivity contribution in [1.29, 1.82) is 0 Å². The van der Waals surface area contributed by atoms with E-state index in [9.17, 15) is 0 Å². The lowest BCUT2D eigenvalue weighted by Crippen LogP contribution is -1.95. The summed E-state index contributed by atoms with van der Waals surface area (Å²) in [5, 5.41) is 0. The van der Waals surface area contributed by atoms with Crippen LogP contribution >= 0.6 is 0 Å². The lowest BCUT2D eigenvalue weighted by atomic mass is 9.92. The molecule has 1 unspecified atom stereocenters. The van der Waals surface area contributed by atoms with Crippen LogP contribution in [0.1, 0.15) is 107 Å². The molecule has 0 amide bonds. The van der Waals surface area contributed by atoms with Gasteiger partial charge < -0.3 is 0 Å². The number of hydrogen-bond acceptors (Lipinski definition) is 0. The van der Waals surface area contributed by atoms with Crippen LogP contribution in [0, 0.1) is 13.8 Å². The molecule has 0 saturated carbocycles. The van der Waals surface area contributed by atoms with Gasteiger partial charge in [0.2, 0.25) is 0 Å². The smallest absolute Gasteiger partial charge is 0.0190 e. The van der Waals surface area contributed by atoms with Gasteiger partial charge >= 0.3 is 0 Å². The summed E-state index contributed by atoms with van der Waals surface area (Å²) in [6.45, 7) is 9.11. The molecule has 1 aromatic carbocycles. The first kappa shape index (κ1) is 19.3. The zero-order chi connectivity index (χ0) is 16.2. The Bertz CT molecular complexity index is 371. The van der Waals surface area contributed by atoms with E-state index in [2.05, 4.69) is 45.9 Å². The van der Waals surface area contributed by atoms with Gasteiger partial charge in [-0.25, -0.2) is 0 Å². The van der Waals surface area contributed by atoms with Crippen LogP contribution in [-0.2, 0) is 0 Å². The molecule has 22 heavy (non-hydrogen) atoms. The van der Waals surface area contributed by atoms with Crippen LogP contribution in [0.25, 0.3) is 0 Å². The van der Waals surface area contributed by atoms with E-state index < -0.39 is 0 Å². The van der Waals surface area contributed by atoms with E-state index in [1.807, 2.05) is 0 Å². The molecule has 0 aliphatic rings. The molecule has 1 atom stereocenters. The molecule has 0 spiro atoms. The first-order chi connectivity index (χ1) is 10.6. The Morgan fingerprint density at radius 2 is 1.14 bits per heavy atom. The summed E-state index contributed by atoms with van der Waals surface area (Å²) >= 11 is 0. The zero-order valence-corrected chi connectivity index (χ0v) is 15.6. The van der Waals surface area contributed by atoms with E-state index in [-0.39, 0.29) is 0 Å². The van der Waals surface area contributed by atoms with Crippen LogP contribution in [0.3, 0.4) is 0 Å². The molecule has 1 aromatic rings. The largest absolute Gasteiger partial charge is 0.0654 e. The average molecular weight is 303 g/mol. The number of hydrogen-bond donors (Lipinski definition) is 0. The van der Waals surface area contributed by atoms with Crippen LogP contribution in [-0.4, -0.2) is 0 Å². The van der Waals surface area contributed by atoms with Crippen molar-refractivity contribution in [2.24, 2.45) is 0 Å². The van der Waals surface area contributed by atoms with Crippen molar-refractivity contribution in [3.05, 3.63) is 34.9 Å². The number of aryl methyl sites for hydroxylation is 2. The third kappa shape index (κ3) is 8.61. The summed E-state index contributed by atoms with van der Waals surface area (Å²) in [6.07, 6.45) is 15.6. The van der Waals surface area contributed by atoms with Gasteiger partial charge in [-0.2, -0.15) is 0 Å². The number of rotatable bonds is 12. The minimum absolute atomic E-state index is 0.715. The van der Waals surface area contributed by atoms with Crippen molar-refractivity contribution in [2.45, 2.75) is 104 Å². The van der Waals surface area contributed by atoms with E-state index in [0.29, 0.717) is 5.92 Å². The maximum Gasteiger partial charge on any atom is -0.0190 e. The molecule has 0 radical (unpaired) electrons. The summed E-state index contributed by atoms with van der Waals surface area (Å²) in [5.74, 6) is 0.715. The van der Waals surface area contributed by atoms with E-state index in [0.717, 1.165) is 0 Å². The van der Waals surface area contributed by atoms with E-state index in [4.69, 9.17) is 0 Å². The molecule has 0 N–H and O–H groups in total. The molecule has 126 valence electrons. The van der Waals surface area contributed by atoms with Crippen LogP contribution < -0.4 is 0 Å².